The highest BCUT2D eigenvalue weighted by molar-refractivity contribution is 7.92. The maximum atomic E-state index is 11.4. The second-order valence-electron chi connectivity index (χ2n) is 3.25. The van der Waals surface area contributed by atoms with Crippen LogP contribution in [0.3, 0.4) is 0 Å². The van der Waals surface area contributed by atoms with Crippen LogP contribution in [0, 0.1) is 5.92 Å². The fraction of sp³-hybridized carbons (Fsp3) is 0.857. The first-order valence-corrected chi connectivity index (χ1v) is 5.49. The first kappa shape index (κ1) is 11.6. The Hall–Kier alpha value is -0.420. The SMILES string of the molecule is CC(C)C(=O)N=S(N)(=O)C(C)C. The molecule has 0 aliphatic carbocycles. The molecular formula is C7H16N2O2S. The molecule has 0 saturated carbocycles. The van der Waals surface area contributed by atoms with Gasteiger partial charge in [-0.3, -0.25) is 4.79 Å². The number of hydrogen-bond acceptors (Lipinski definition) is 2. The second kappa shape index (κ2) is 4.00. The fourth-order valence-electron chi connectivity index (χ4n) is 0.351. The van der Waals surface area contributed by atoms with Gasteiger partial charge < -0.3 is 0 Å². The number of nitrogens with zero attached hydrogens (tertiary/aromatic N) is 1. The quantitative estimate of drug-likeness (QED) is 0.706. The smallest absolute Gasteiger partial charge is 0.257 e. The molecule has 0 bridgehead atoms. The first-order chi connectivity index (χ1) is 5.27. The van der Waals surface area contributed by atoms with Crippen molar-refractivity contribution in [1.29, 1.82) is 0 Å². The van der Waals surface area contributed by atoms with Gasteiger partial charge in [0.1, 0.15) is 9.92 Å². The predicted molar refractivity (Wildman–Crippen MR) is 49.7 cm³/mol. The van der Waals surface area contributed by atoms with Crippen molar-refractivity contribution >= 4 is 15.8 Å². The summed E-state index contributed by atoms with van der Waals surface area (Å²) in [5.41, 5.74) is 0. The molecule has 0 aromatic carbocycles. The lowest BCUT2D eigenvalue weighted by Gasteiger charge is -2.07. The average Bonchev–Trinajstić information content (AvgIpc) is 1.85. The molecule has 0 heterocycles. The Morgan fingerprint density at radius 2 is 1.75 bits per heavy atom. The van der Waals surface area contributed by atoms with E-state index in [2.05, 4.69) is 4.36 Å². The summed E-state index contributed by atoms with van der Waals surface area (Å²) in [6.45, 7) is 6.75. The van der Waals surface area contributed by atoms with Crippen molar-refractivity contribution in [2.24, 2.45) is 15.4 Å². The highest BCUT2D eigenvalue weighted by atomic mass is 32.2. The Morgan fingerprint density at radius 3 is 2.00 bits per heavy atom. The zero-order chi connectivity index (χ0) is 9.94. The number of amides is 1. The predicted octanol–water partition coefficient (Wildman–Crippen LogP) is 0.919. The van der Waals surface area contributed by atoms with Crippen LogP contribution in [0.15, 0.2) is 4.36 Å². The Balaban J connectivity index is 4.79. The Morgan fingerprint density at radius 1 is 1.33 bits per heavy atom. The largest absolute Gasteiger partial charge is 0.272 e. The molecule has 0 aromatic rings. The van der Waals surface area contributed by atoms with E-state index in [1.165, 1.54) is 0 Å². The molecule has 12 heavy (non-hydrogen) atoms. The van der Waals surface area contributed by atoms with Crippen molar-refractivity contribution < 1.29 is 9.00 Å². The highest BCUT2D eigenvalue weighted by Gasteiger charge is 2.13. The van der Waals surface area contributed by atoms with Crippen LogP contribution in [0.25, 0.3) is 0 Å². The molecule has 0 radical (unpaired) electrons. The minimum Gasteiger partial charge on any atom is -0.272 e. The van der Waals surface area contributed by atoms with Crippen LogP contribution >= 0.6 is 0 Å². The van der Waals surface area contributed by atoms with E-state index in [4.69, 9.17) is 5.14 Å². The van der Waals surface area contributed by atoms with Crippen molar-refractivity contribution in [1.82, 2.24) is 0 Å². The molecule has 0 spiro atoms. The third-order valence-corrected chi connectivity index (χ3v) is 3.22. The minimum absolute atomic E-state index is 0.242. The third kappa shape index (κ3) is 3.32. The van der Waals surface area contributed by atoms with Gasteiger partial charge in [0.05, 0.1) is 5.25 Å². The monoisotopic (exact) mass is 192 g/mol. The molecule has 0 aliphatic rings. The number of carbonyl (C=O) groups excluding carboxylic acids is 1. The minimum atomic E-state index is -2.82. The molecule has 1 unspecified atom stereocenters. The van der Waals surface area contributed by atoms with Crippen molar-refractivity contribution in [3.63, 3.8) is 0 Å². The van der Waals surface area contributed by atoms with Gasteiger partial charge in [-0.25, -0.2) is 9.35 Å². The molecule has 4 nitrogen and oxygen atoms in total. The maximum absolute atomic E-state index is 11.4. The molecule has 0 aliphatic heterocycles. The molecule has 0 fully saturated rings. The third-order valence-electron chi connectivity index (χ3n) is 1.40. The van der Waals surface area contributed by atoms with Crippen LogP contribution in [0.1, 0.15) is 27.7 Å². The number of rotatable bonds is 2. The average molecular weight is 192 g/mol. The summed E-state index contributed by atoms with van der Waals surface area (Å²) in [6.07, 6.45) is 0. The topological polar surface area (TPSA) is 72.5 Å². The maximum Gasteiger partial charge on any atom is 0.257 e. The van der Waals surface area contributed by atoms with Crippen molar-refractivity contribution in [2.75, 3.05) is 0 Å². The summed E-state index contributed by atoms with van der Waals surface area (Å²) in [4.78, 5) is 11.0. The van der Waals surface area contributed by atoms with Gasteiger partial charge in [-0.05, 0) is 13.8 Å². The van der Waals surface area contributed by atoms with Gasteiger partial charge in [0.15, 0.2) is 0 Å². The van der Waals surface area contributed by atoms with Gasteiger partial charge in [0.25, 0.3) is 5.91 Å². The molecule has 72 valence electrons. The molecule has 0 aromatic heterocycles. The summed E-state index contributed by atoms with van der Waals surface area (Å²) in [7, 11) is -2.82. The van der Waals surface area contributed by atoms with Gasteiger partial charge in [0.2, 0.25) is 0 Å². The Labute approximate surface area is 73.8 Å². The van der Waals surface area contributed by atoms with Crippen LogP contribution in [0.2, 0.25) is 0 Å². The van der Waals surface area contributed by atoms with E-state index in [1.807, 2.05) is 0 Å². The fourth-order valence-corrected chi connectivity index (χ4v) is 1.05. The summed E-state index contributed by atoms with van der Waals surface area (Å²) < 4.78 is 14.9. The summed E-state index contributed by atoms with van der Waals surface area (Å²) >= 11 is 0. The normalized spacial score (nSPS) is 16.2. The van der Waals surface area contributed by atoms with Gasteiger partial charge in [0, 0.05) is 5.92 Å². The highest BCUT2D eigenvalue weighted by Crippen LogP contribution is 2.02. The van der Waals surface area contributed by atoms with Gasteiger partial charge >= 0.3 is 0 Å². The van der Waals surface area contributed by atoms with Crippen molar-refractivity contribution in [3.05, 3.63) is 0 Å². The van der Waals surface area contributed by atoms with Gasteiger partial charge in [-0.15, -0.1) is 4.36 Å². The van der Waals surface area contributed by atoms with E-state index in [-0.39, 0.29) is 11.2 Å². The Bertz CT molecular complexity index is 275. The first-order valence-electron chi connectivity index (χ1n) is 3.85. The van der Waals surface area contributed by atoms with Crippen LogP contribution in [0.4, 0.5) is 0 Å². The van der Waals surface area contributed by atoms with E-state index < -0.39 is 15.8 Å². The van der Waals surface area contributed by atoms with Gasteiger partial charge in [-0.2, -0.15) is 0 Å². The van der Waals surface area contributed by atoms with Crippen LogP contribution < -0.4 is 5.14 Å². The summed E-state index contributed by atoms with van der Waals surface area (Å²) in [5.74, 6) is -0.635. The van der Waals surface area contributed by atoms with E-state index >= 15 is 0 Å². The molecule has 0 rings (SSSR count). The van der Waals surface area contributed by atoms with E-state index in [0.717, 1.165) is 0 Å². The number of carbonyl (C=O) groups is 1. The molecule has 1 amide bonds. The lowest BCUT2D eigenvalue weighted by atomic mass is 10.2. The van der Waals surface area contributed by atoms with E-state index in [0.29, 0.717) is 0 Å². The lowest BCUT2D eigenvalue weighted by molar-refractivity contribution is -0.120. The van der Waals surface area contributed by atoms with Crippen molar-refractivity contribution in [3.8, 4) is 0 Å². The standard InChI is InChI=1S/C7H16N2O2S/c1-5(2)7(10)9-12(8,11)6(3)4/h5-6H,1-4H3,(H2,8,9,10,11). The van der Waals surface area contributed by atoms with Crippen LogP contribution in [0.5, 0.6) is 0 Å². The molecule has 0 saturated heterocycles. The molecule has 1 atom stereocenters. The van der Waals surface area contributed by atoms with E-state index in [1.54, 1.807) is 27.7 Å². The number of nitrogens with two attached hydrogens (primary N) is 1. The summed E-state index contributed by atoms with van der Waals surface area (Å²) in [5, 5.41) is 5.05. The molecular weight excluding hydrogens is 176 g/mol. The number of hydrogen-bond donors (Lipinski definition) is 1. The lowest BCUT2D eigenvalue weighted by Crippen LogP contribution is -2.25. The summed E-state index contributed by atoms with van der Waals surface area (Å²) in [6, 6.07) is 0. The van der Waals surface area contributed by atoms with E-state index in [9.17, 15) is 9.00 Å². The van der Waals surface area contributed by atoms with Crippen LogP contribution in [-0.4, -0.2) is 15.4 Å². The molecule has 5 heteroatoms. The second-order valence-corrected chi connectivity index (χ2v) is 5.60. The zero-order valence-corrected chi connectivity index (χ0v) is 8.72. The van der Waals surface area contributed by atoms with Gasteiger partial charge in [-0.1, -0.05) is 13.8 Å². The van der Waals surface area contributed by atoms with Crippen LogP contribution in [-0.2, 0) is 14.7 Å². The van der Waals surface area contributed by atoms with Crippen molar-refractivity contribution in [2.45, 2.75) is 32.9 Å². The molecule has 2 N–H and O–H groups in total. The Kier molecular flexibility index (Phi) is 3.86. The zero-order valence-electron chi connectivity index (χ0n) is 7.90.